The lowest BCUT2D eigenvalue weighted by Gasteiger charge is -2.09. The van der Waals surface area contributed by atoms with Crippen LogP contribution in [0, 0.1) is 13.8 Å². The zero-order chi connectivity index (χ0) is 17.3. The van der Waals surface area contributed by atoms with E-state index >= 15 is 0 Å². The van der Waals surface area contributed by atoms with E-state index < -0.39 is 0 Å². The number of anilines is 1. The van der Waals surface area contributed by atoms with Crippen molar-refractivity contribution in [1.29, 1.82) is 0 Å². The normalized spacial score (nSPS) is 12.3. The van der Waals surface area contributed by atoms with Gasteiger partial charge < -0.3 is 13.5 Å². The Morgan fingerprint density at radius 3 is 2.79 bits per heavy atom. The average Bonchev–Trinajstić information content (AvgIpc) is 3.22. The summed E-state index contributed by atoms with van der Waals surface area (Å²) in [6.45, 7) is 5.45. The molecule has 9 heteroatoms. The summed E-state index contributed by atoms with van der Waals surface area (Å²) in [5.41, 5.74) is 1.59. The molecule has 3 rings (SSSR count). The summed E-state index contributed by atoms with van der Waals surface area (Å²) in [4.78, 5) is 12.2. The van der Waals surface area contributed by atoms with E-state index in [4.69, 9.17) is 8.94 Å². The fraction of sp³-hybridized carbons (Fsp3) is 0.333. The minimum Gasteiger partial charge on any atom is -0.469 e. The standard InChI is InChI=1S/C15H17N5O3S/c1-8-7-12(23-19-8)16-14(21)10(3)24-15-18-17-13(20(15)4)11-5-6-22-9(11)2/h5-7,10H,1-4H3,(H,16,21). The molecule has 0 aromatic carbocycles. The van der Waals surface area contributed by atoms with Crippen LogP contribution in [-0.2, 0) is 11.8 Å². The van der Waals surface area contributed by atoms with Crippen LogP contribution in [0.3, 0.4) is 0 Å². The van der Waals surface area contributed by atoms with Gasteiger partial charge in [-0.25, -0.2) is 0 Å². The Kier molecular flexibility index (Phi) is 4.43. The van der Waals surface area contributed by atoms with Crippen molar-refractivity contribution in [2.45, 2.75) is 31.2 Å². The maximum atomic E-state index is 12.2. The highest BCUT2D eigenvalue weighted by molar-refractivity contribution is 8.00. The summed E-state index contributed by atoms with van der Waals surface area (Å²) in [6, 6.07) is 3.51. The molecule has 3 heterocycles. The molecule has 0 saturated carbocycles. The fourth-order valence-corrected chi connectivity index (χ4v) is 2.94. The molecule has 126 valence electrons. The number of rotatable bonds is 5. The number of thioether (sulfide) groups is 1. The molecule has 1 unspecified atom stereocenters. The van der Waals surface area contributed by atoms with Crippen LogP contribution in [0.2, 0.25) is 0 Å². The highest BCUT2D eigenvalue weighted by Crippen LogP contribution is 2.28. The first kappa shape index (κ1) is 16.3. The van der Waals surface area contributed by atoms with Crippen molar-refractivity contribution >= 4 is 23.6 Å². The molecule has 3 aromatic heterocycles. The summed E-state index contributed by atoms with van der Waals surface area (Å²) >= 11 is 1.31. The molecular weight excluding hydrogens is 330 g/mol. The lowest BCUT2D eigenvalue weighted by molar-refractivity contribution is -0.115. The van der Waals surface area contributed by atoms with E-state index in [1.54, 1.807) is 26.2 Å². The predicted octanol–water partition coefficient (Wildman–Crippen LogP) is 2.80. The van der Waals surface area contributed by atoms with Crippen molar-refractivity contribution < 1.29 is 13.7 Å². The smallest absolute Gasteiger partial charge is 0.240 e. The second kappa shape index (κ2) is 6.52. The third kappa shape index (κ3) is 3.21. The molecule has 1 atom stereocenters. The number of carbonyl (C=O) groups is 1. The molecule has 0 fully saturated rings. The number of furan rings is 1. The van der Waals surface area contributed by atoms with Gasteiger partial charge in [-0.05, 0) is 26.8 Å². The third-order valence-electron chi connectivity index (χ3n) is 3.46. The SMILES string of the molecule is Cc1cc(NC(=O)C(C)Sc2nnc(-c3ccoc3C)n2C)on1. The minimum atomic E-state index is -0.378. The van der Waals surface area contributed by atoms with Crippen molar-refractivity contribution in [3.63, 3.8) is 0 Å². The van der Waals surface area contributed by atoms with Gasteiger partial charge in [-0.3, -0.25) is 10.1 Å². The van der Waals surface area contributed by atoms with E-state index in [-0.39, 0.29) is 11.2 Å². The second-order valence-electron chi connectivity index (χ2n) is 5.34. The third-order valence-corrected chi connectivity index (χ3v) is 4.59. The summed E-state index contributed by atoms with van der Waals surface area (Å²) in [5, 5.41) is 15.0. The van der Waals surface area contributed by atoms with Gasteiger partial charge in [0.25, 0.3) is 0 Å². The van der Waals surface area contributed by atoms with E-state index in [9.17, 15) is 4.79 Å². The number of amides is 1. The van der Waals surface area contributed by atoms with Gasteiger partial charge in [0.05, 0.1) is 22.8 Å². The largest absolute Gasteiger partial charge is 0.469 e. The molecule has 3 aromatic rings. The molecule has 1 N–H and O–H groups in total. The first-order chi connectivity index (χ1) is 11.5. The Labute approximate surface area is 142 Å². The lowest BCUT2D eigenvalue weighted by Crippen LogP contribution is -2.22. The molecule has 0 saturated heterocycles. The minimum absolute atomic E-state index is 0.194. The molecule has 0 spiro atoms. The van der Waals surface area contributed by atoms with Crippen molar-refractivity contribution in [1.82, 2.24) is 19.9 Å². The molecule has 1 amide bonds. The summed E-state index contributed by atoms with van der Waals surface area (Å²) in [5.74, 6) is 1.61. The van der Waals surface area contributed by atoms with Crippen LogP contribution in [0.15, 0.2) is 32.5 Å². The maximum absolute atomic E-state index is 12.2. The Hall–Kier alpha value is -2.55. The Morgan fingerprint density at radius 2 is 2.17 bits per heavy atom. The van der Waals surface area contributed by atoms with E-state index in [0.717, 1.165) is 11.3 Å². The number of aromatic nitrogens is 4. The zero-order valence-electron chi connectivity index (χ0n) is 13.7. The molecule has 0 aliphatic heterocycles. The summed E-state index contributed by atoms with van der Waals surface area (Å²) in [6.07, 6.45) is 1.61. The van der Waals surface area contributed by atoms with Crippen molar-refractivity contribution in [3.05, 3.63) is 29.9 Å². The monoisotopic (exact) mass is 347 g/mol. The van der Waals surface area contributed by atoms with Gasteiger partial charge in [0.2, 0.25) is 11.8 Å². The Balaban J connectivity index is 1.71. The van der Waals surface area contributed by atoms with Crippen LogP contribution in [0.5, 0.6) is 0 Å². The maximum Gasteiger partial charge on any atom is 0.240 e. The number of hydrogen-bond acceptors (Lipinski definition) is 7. The van der Waals surface area contributed by atoms with Gasteiger partial charge >= 0.3 is 0 Å². The van der Waals surface area contributed by atoms with Crippen molar-refractivity contribution in [2.75, 3.05) is 5.32 Å². The van der Waals surface area contributed by atoms with E-state index in [0.29, 0.717) is 22.6 Å². The highest BCUT2D eigenvalue weighted by atomic mass is 32.2. The van der Waals surface area contributed by atoms with Crippen LogP contribution >= 0.6 is 11.8 Å². The zero-order valence-corrected chi connectivity index (χ0v) is 14.5. The molecule has 0 bridgehead atoms. The summed E-state index contributed by atoms with van der Waals surface area (Å²) in [7, 11) is 1.86. The number of carbonyl (C=O) groups excluding carboxylic acids is 1. The van der Waals surface area contributed by atoms with Crippen LogP contribution < -0.4 is 5.32 Å². The molecule has 0 aliphatic rings. The number of hydrogen-bond donors (Lipinski definition) is 1. The van der Waals surface area contributed by atoms with Crippen LogP contribution in [-0.4, -0.2) is 31.1 Å². The fourth-order valence-electron chi connectivity index (χ4n) is 2.13. The van der Waals surface area contributed by atoms with Crippen LogP contribution in [0.25, 0.3) is 11.4 Å². The van der Waals surface area contributed by atoms with Crippen molar-refractivity contribution in [3.8, 4) is 11.4 Å². The topological polar surface area (TPSA) is 99.0 Å². The molecular formula is C15H17N5O3S. The quantitative estimate of drug-likeness (QED) is 0.708. The van der Waals surface area contributed by atoms with Crippen LogP contribution in [0.1, 0.15) is 18.4 Å². The molecule has 0 aliphatic carbocycles. The van der Waals surface area contributed by atoms with Gasteiger partial charge in [-0.2, -0.15) is 0 Å². The molecule has 24 heavy (non-hydrogen) atoms. The Bertz CT molecular complexity index is 866. The van der Waals surface area contributed by atoms with Gasteiger partial charge in [0, 0.05) is 13.1 Å². The van der Waals surface area contributed by atoms with Gasteiger partial charge in [0.15, 0.2) is 11.0 Å². The second-order valence-corrected chi connectivity index (χ2v) is 6.65. The average molecular weight is 347 g/mol. The number of nitrogens with one attached hydrogen (secondary N) is 1. The first-order valence-electron chi connectivity index (χ1n) is 7.30. The van der Waals surface area contributed by atoms with Gasteiger partial charge in [-0.1, -0.05) is 16.9 Å². The lowest BCUT2D eigenvalue weighted by atomic mass is 10.2. The van der Waals surface area contributed by atoms with Gasteiger partial charge in [0.1, 0.15) is 5.76 Å². The van der Waals surface area contributed by atoms with Crippen LogP contribution in [0.4, 0.5) is 5.88 Å². The number of aryl methyl sites for hydroxylation is 2. The predicted molar refractivity (Wildman–Crippen MR) is 88.6 cm³/mol. The van der Waals surface area contributed by atoms with E-state index in [2.05, 4.69) is 20.7 Å². The van der Waals surface area contributed by atoms with Gasteiger partial charge in [-0.15, -0.1) is 10.2 Å². The summed E-state index contributed by atoms with van der Waals surface area (Å²) < 4.78 is 12.1. The highest BCUT2D eigenvalue weighted by Gasteiger charge is 2.21. The van der Waals surface area contributed by atoms with E-state index in [1.165, 1.54) is 11.8 Å². The van der Waals surface area contributed by atoms with E-state index in [1.807, 2.05) is 24.6 Å². The molecule has 0 radical (unpaired) electrons. The number of nitrogens with zero attached hydrogens (tertiary/aromatic N) is 4. The Morgan fingerprint density at radius 1 is 1.38 bits per heavy atom. The molecule has 8 nitrogen and oxygen atoms in total. The van der Waals surface area contributed by atoms with Crippen molar-refractivity contribution in [2.24, 2.45) is 7.05 Å². The first-order valence-corrected chi connectivity index (χ1v) is 8.18.